The van der Waals surface area contributed by atoms with E-state index >= 15 is 0 Å². The molecule has 2 nitrogen and oxygen atoms in total. The largest absolute Gasteiger partial charge is 0.469 e. The zero-order chi connectivity index (χ0) is 9.47. The first-order valence-electron chi connectivity index (χ1n) is 4.35. The summed E-state index contributed by atoms with van der Waals surface area (Å²) in [5, 5.41) is 0. The summed E-state index contributed by atoms with van der Waals surface area (Å²) in [6.07, 6.45) is 2.07. The maximum atomic E-state index is 5.95. The van der Waals surface area contributed by atoms with Crippen LogP contribution in [-0.4, -0.2) is 5.72 Å². The van der Waals surface area contributed by atoms with Crippen molar-refractivity contribution in [3.63, 3.8) is 0 Å². The third-order valence-corrected chi connectivity index (χ3v) is 2.40. The second-order valence-corrected chi connectivity index (χ2v) is 3.57. The molecule has 0 aliphatic carbocycles. The Morgan fingerprint density at radius 2 is 2.00 bits per heavy atom. The van der Waals surface area contributed by atoms with Crippen LogP contribution < -0.4 is 10.5 Å². The summed E-state index contributed by atoms with van der Waals surface area (Å²) in [5.41, 5.74) is 7.43. The molecular weight excluding hydrogens is 162 g/mol. The number of ether oxygens (including phenoxy) is 1. The Morgan fingerprint density at radius 1 is 1.31 bits per heavy atom. The first-order valence-corrected chi connectivity index (χ1v) is 4.35. The van der Waals surface area contributed by atoms with E-state index in [1.807, 2.05) is 38.1 Å². The molecule has 13 heavy (non-hydrogen) atoms. The van der Waals surface area contributed by atoms with E-state index in [0.29, 0.717) is 0 Å². The molecule has 1 heterocycles. The van der Waals surface area contributed by atoms with Gasteiger partial charge in [0.15, 0.2) is 5.72 Å². The van der Waals surface area contributed by atoms with Gasteiger partial charge >= 0.3 is 0 Å². The highest BCUT2D eigenvalue weighted by Gasteiger charge is 2.27. The van der Waals surface area contributed by atoms with Crippen LogP contribution in [0.4, 0.5) is 0 Å². The van der Waals surface area contributed by atoms with Gasteiger partial charge in [0.1, 0.15) is 5.75 Å². The first kappa shape index (κ1) is 8.32. The molecule has 2 rings (SSSR count). The van der Waals surface area contributed by atoms with E-state index < -0.39 is 5.72 Å². The van der Waals surface area contributed by atoms with Gasteiger partial charge in [-0.1, -0.05) is 18.2 Å². The fourth-order valence-corrected chi connectivity index (χ4v) is 1.38. The molecule has 0 radical (unpaired) electrons. The van der Waals surface area contributed by atoms with Crippen LogP contribution in [0.5, 0.6) is 5.75 Å². The molecule has 0 saturated heterocycles. The van der Waals surface area contributed by atoms with E-state index in [4.69, 9.17) is 10.5 Å². The molecule has 68 valence electrons. The Labute approximate surface area is 78.0 Å². The van der Waals surface area contributed by atoms with E-state index in [9.17, 15) is 0 Å². The molecule has 2 heteroatoms. The molecule has 1 aliphatic heterocycles. The fourth-order valence-electron chi connectivity index (χ4n) is 1.38. The van der Waals surface area contributed by atoms with Crippen molar-refractivity contribution in [1.29, 1.82) is 0 Å². The van der Waals surface area contributed by atoms with Crippen molar-refractivity contribution in [2.75, 3.05) is 0 Å². The van der Waals surface area contributed by atoms with E-state index in [1.54, 1.807) is 0 Å². The maximum Gasteiger partial charge on any atom is 0.177 e. The van der Waals surface area contributed by atoms with Gasteiger partial charge in [-0.3, -0.25) is 5.73 Å². The molecule has 0 spiro atoms. The van der Waals surface area contributed by atoms with Crippen molar-refractivity contribution in [3.05, 3.63) is 35.4 Å². The van der Waals surface area contributed by atoms with Gasteiger partial charge in [0, 0.05) is 5.56 Å². The maximum absolute atomic E-state index is 5.95. The molecule has 1 aliphatic rings. The number of rotatable bonds is 0. The number of para-hydroxylation sites is 1. The van der Waals surface area contributed by atoms with Gasteiger partial charge in [0.25, 0.3) is 0 Å². The Bertz CT molecular complexity index is 366. The molecule has 0 fully saturated rings. The molecule has 1 aromatic rings. The van der Waals surface area contributed by atoms with Gasteiger partial charge in [0.05, 0.1) is 0 Å². The van der Waals surface area contributed by atoms with Crippen LogP contribution >= 0.6 is 0 Å². The van der Waals surface area contributed by atoms with Crippen molar-refractivity contribution in [2.24, 2.45) is 5.73 Å². The van der Waals surface area contributed by atoms with E-state index in [1.165, 1.54) is 0 Å². The minimum Gasteiger partial charge on any atom is -0.469 e. The fraction of sp³-hybridized carbons (Fsp3) is 0.273. The van der Waals surface area contributed by atoms with Crippen molar-refractivity contribution in [3.8, 4) is 5.75 Å². The lowest BCUT2D eigenvalue weighted by atomic mass is 10.00. The monoisotopic (exact) mass is 175 g/mol. The molecule has 0 saturated carbocycles. The first-order chi connectivity index (χ1) is 6.09. The quantitative estimate of drug-likeness (QED) is 0.655. The zero-order valence-electron chi connectivity index (χ0n) is 7.87. The molecule has 2 N–H and O–H groups in total. The third kappa shape index (κ3) is 1.33. The molecule has 0 bridgehead atoms. The summed E-state index contributed by atoms with van der Waals surface area (Å²) in [6, 6.07) is 7.89. The predicted octanol–water partition coefficient (Wildman–Crippen LogP) is 2.16. The normalized spacial score (nSPS) is 25.9. The summed E-state index contributed by atoms with van der Waals surface area (Å²) >= 11 is 0. The Kier molecular flexibility index (Phi) is 1.67. The SMILES string of the molecule is CC1=Cc2ccccc2OC1(C)N. The third-order valence-electron chi connectivity index (χ3n) is 2.40. The molecule has 1 unspecified atom stereocenters. The highest BCUT2D eigenvalue weighted by molar-refractivity contribution is 5.63. The predicted molar refractivity (Wildman–Crippen MR) is 53.3 cm³/mol. The van der Waals surface area contributed by atoms with E-state index in [2.05, 4.69) is 6.08 Å². The summed E-state index contributed by atoms with van der Waals surface area (Å²) < 4.78 is 5.64. The van der Waals surface area contributed by atoms with Crippen molar-refractivity contribution >= 4 is 6.08 Å². The number of hydrogen-bond acceptors (Lipinski definition) is 2. The van der Waals surface area contributed by atoms with Gasteiger partial charge in [-0.05, 0) is 31.6 Å². The average molecular weight is 175 g/mol. The van der Waals surface area contributed by atoms with Crippen molar-refractivity contribution in [2.45, 2.75) is 19.6 Å². The van der Waals surface area contributed by atoms with Crippen LogP contribution in [0.15, 0.2) is 29.8 Å². The topological polar surface area (TPSA) is 35.2 Å². The summed E-state index contributed by atoms with van der Waals surface area (Å²) in [7, 11) is 0. The van der Waals surface area contributed by atoms with Crippen LogP contribution in [0.2, 0.25) is 0 Å². The highest BCUT2D eigenvalue weighted by Crippen LogP contribution is 2.32. The molecular formula is C11H13NO. The van der Waals surface area contributed by atoms with Crippen molar-refractivity contribution in [1.82, 2.24) is 0 Å². The van der Waals surface area contributed by atoms with Gasteiger partial charge < -0.3 is 4.74 Å². The summed E-state index contributed by atoms with van der Waals surface area (Å²) in [6.45, 7) is 3.85. The van der Waals surface area contributed by atoms with Crippen LogP contribution in [0.25, 0.3) is 6.08 Å². The van der Waals surface area contributed by atoms with Crippen LogP contribution in [0.3, 0.4) is 0 Å². The van der Waals surface area contributed by atoms with Gasteiger partial charge in [-0.15, -0.1) is 0 Å². The summed E-state index contributed by atoms with van der Waals surface area (Å²) in [4.78, 5) is 0. The van der Waals surface area contributed by atoms with Gasteiger partial charge in [-0.2, -0.15) is 0 Å². The number of nitrogens with two attached hydrogens (primary N) is 1. The molecule has 0 aromatic heterocycles. The number of hydrogen-bond donors (Lipinski definition) is 1. The molecule has 1 aromatic carbocycles. The lowest BCUT2D eigenvalue weighted by Crippen LogP contribution is -2.45. The Hall–Kier alpha value is -1.28. The van der Waals surface area contributed by atoms with Crippen LogP contribution in [0, 0.1) is 0 Å². The van der Waals surface area contributed by atoms with Crippen LogP contribution in [0.1, 0.15) is 19.4 Å². The van der Waals surface area contributed by atoms with Crippen molar-refractivity contribution < 1.29 is 4.74 Å². The van der Waals surface area contributed by atoms with Gasteiger partial charge in [0.2, 0.25) is 0 Å². The Balaban J connectivity index is 2.53. The molecule has 0 amide bonds. The standard InChI is InChI=1S/C11H13NO/c1-8-7-9-5-3-4-6-10(9)13-11(8,2)12/h3-7H,12H2,1-2H3. The Morgan fingerprint density at radius 3 is 2.77 bits per heavy atom. The smallest absolute Gasteiger partial charge is 0.177 e. The molecule has 1 atom stereocenters. The highest BCUT2D eigenvalue weighted by atomic mass is 16.5. The second kappa shape index (κ2) is 2.60. The minimum absolute atomic E-state index is 0.658. The number of benzene rings is 1. The summed E-state index contributed by atoms with van der Waals surface area (Å²) in [5.74, 6) is 0.859. The zero-order valence-corrected chi connectivity index (χ0v) is 7.87. The van der Waals surface area contributed by atoms with Gasteiger partial charge in [-0.25, -0.2) is 0 Å². The minimum atomic E-state index is -0.658. The van der Waals surface area contributed by atoms with Crippen LogP contribution in [-0.2, 0) is 0 Å². The number of fused-ring (bicyclic) bond motifs is 1. The lowest BCUT2D eigenvalue weighted by Gasteiger charge is -2.31. The van der Waals surface area contributed by atoms with E-state index in [0.717, 1.165) is 16.9 Å². The van der Waals surface area contributed by atoms with E-state index in [-0.39, 0.29) is 0 Å². The second-order valence-electron chi connectivity index (χ2n) is 3.57. The lowest BCUT2D eigenvalue weighted by molar-refractivity contribution is 0.132. The average Bonchev–Trinajstić information content (AvgIpc) is 2.06.